The molecule has 0 saturated carbocycles. The van der Waals surface area contributed by atoms with Crippen LogP contribution in [0.25, 0.3) is 5.69 Å². The van der Waals surface area contributed by atoms with Crippen LogP contribution < -0.4 is 4.74 Å². The quantitative estimate of drug-likeness (QED) is 0.563. The number of hydrogen-bond acceptors (Lipinski definition) is 3. The Kier molecular flexibility index (Phi) is 4.39. The van der Waals surface area contributed by atoms with Crippen molar-refractivity contribution in [3.63, 3.8) is 0 Å². The second-order valence-corrected chi connectivity index (χ2v) is 5.44. The Bertz CT molecular complexity index is 894. The second-order valence-electron chi connectivity index (χ2n) is 5.06. The summed E-state index contributed by atoms with van der Waals surface area (Å²) >= 11 is 5.58. The van der Waals surface area contributed by atoms with Gasteiger partial charge in [-0.2, -0.15) is 0 Å². The highest BCUT2D eigenvalue weighted by atomic mass is 32.1. The highest BCUT2D eigenvalue weighted by molar-refractivity contribution is 7.71. The first-order valence-corrected chi connectivity index (χ1v) is 7.65. The molecule has 0 aliphatic heterocycles. The van der Waals surface area contributed by atoms with Crippen molar-refractivity contribution in [3.05, 3.63) is 70.5 Å². The van der Waals surface area contributed by atoms with Crippen LogP contribution >= 0.6 is 12.2 Å². The van der Waals surface area contributed by atoms with Crippen LogP contribution in [0.5, 0.6) is 5.75 Å². The fourth-order valence-electron chi connectivity index (χ4n) is 2.34. The van der Waals surface area contributed by atoms with E-state index in [0.29, 0.717) is 4.64 Å². The van der Waals surface area contributed by atoms with Crippen molar-refractivity contribution in [2.75, 3.05) is 7.11 Å². The van der Waals surface area contributed by atoms with E-state index in [1.807, 2.05) is 66.2 Å². The van der Waals surface area contributed by atoms with Gasteiger partial charge < -0.3 is 4.74 Å². The Hall–Kier alpha value is -2.66. The first-order chi connectivity index (χ1) is 11.2. The van der Waals surface area contributed by atoms with Crippen molar-refractivity contribution in [1.82, 2.24) is 9.78 Å². The maximum absolute atomic E-state index is 5.58. The number of H-pyrrole nitrogens is 1. The average molecular weight is 323 g/mol. The van der Waals surface area contributed by atoms with E-state index in [4.69, 9.17) is 17.0 Å². The first kappa shape index (κ1) is 15.2. The number of para-hydroxylation sites is 3. The van der Waals surface area contributed by atoms with E-state index in [9.17, 15) is 0 Å². The molecule has 2 aromatic carbocycles. The number of aliphatic imine (C=N–C) groups is 1. The molecule has 23 heavy (non-hydrogen) atoms. The van der Waals surface area contributed by atoms with Gasteiger partial charge in [-0.3, -0.25) is 10.1 Å². The predicted molar refractivity (Wildman–Crippen MR) is 95.9 cm³/mol. The third-order valence-electron chi connectivity index (χ3n) is 3.55. The predicted octanol–water partition coefficient (Wildman–Crippen LogP) is 4.60. The molecule has 0 saturated heterocycles. The van der Waals surface area contributed by atoms with E-state index >= 15 is 0 Å². The van der Waals surface area contributed by atoms with E-state index in [1.165, 1.54) is 0 Å². The zero-order chi connectivity index (χ0) is 16.2. The highest BCUT2D eigenvalue weighted by Crippen LogP contribution is 2.26. The summed E-state index contributed by atoms with van der Waals surface area (Å²) in [7, 11) is 1.64. The molecule has 3 rings (SSSR count). The van der Waals surface area contributed by atoms with Crippen molar-refractivity contribution in [1.29, 1.82) is 0 Å². The van der Waals surface area contributed by atoms with Crippen LogP contribution in [0.2, 0.25) is 0 Å². The fourth-order valence-corrected chi connectivity index (χ4v) is 2.70. The Morgan fingerprint density at radius 2 is 1.78 bits per heavy atom. The number of aryl methyl sites for hydroxylation is 1. The lowest BCUT2D eigenvalue weighted by molar-refractivity contribution is 0.416. The zero-order valence-corrected chi connectivity index (χ0v) is 13.8. The molecule has 0 radical (unpaired) electrons. The molecular formula is C18H17N3OS. The van der Waals surface area contributed by atoms with Crippen LogP contribution in [0, 0.1) is 11.6 Å². The number of nitrogens with one attached hydrogen (secondary N) is 1. The van der Waals surface area contributed by atoms with Gasteiger partial charge in [-0.25, -0.2) is 4.68 Å². The van der Waals surface area contributed by atoms with Gasteiger partial charge in [-0.05, 0) is 31.2 Å². The van der Waals surface area contributed by atoms with Crippen molar-refractivity contribution >= 4 is 24.1 Å². The smallest absolute Gasteiger partial charge is 0.144 e. The lowest BCUT2D eigenvalue weighted by Gasteiger charge is -2.02. The van der Waals surface area contributed by atoms with Crippen molar-refractivity contribution < 1.29 is 4.74 Å². The van der Waals surface area contributed by atoms with Crippen LogP contribution in [0.3, 0.4) is 0 Å². The van der Waals surface area contributed by atoms with Crippen LogP contribution in [-0.2, 0) is 0 Å². The van der Waals surface area contributed by atoms with Gasteiger partial charge in [0, 0.05) is 11.9 Å². The minimum atomic E-state index is 0.701. The summed E-state index contributed by atoms with van der Waals surface area (Å²) < 4.78 is 7.90. The number of aromatic nitrogens is 2. The maximum Gasteiger partial charge on any atom is 0.144 e. The highest BCUT2D eigenvalue weighted by Gasteiger charge is 2.07. The van der Waals surface area contributed by atoms with E-state index in [1.54, 1.807) is 13.3 Å². The SMILES string of the molecule is COc1ccccc1N=Cc1c(C)[nH]n(-c2ccccc2)c1=S. The van der Waals surface area contributed by atoms with Crippen molar-refractivity contribution in [3.8, 4) is 11.4 Å². The summed E-state index contributed by atoms with van der Waals surface area (Å²) in [5, 5.41) is 3.28. The van der Waals surface area contributed by atoms with Gasteiger partial charge in [0.15, 0.2) is 0 Å². The number of ether oxygens (including phenoxy) is 1. The summed E-state index contributed by atoms with van der Waals surface area (Å²) in [6.07, 6.45) is 1.78. The van der Waals surface area contributed by atoms with Gasteiger partial charge in [0.25, 0.3) is 0 Å². The van der Waals surface area contributed by atoms with Crippen molar-refractivity contribution in [2.45, 2.75) is 6.92 Å². The summed E-state index contributed by atoms with van der Waals surface area (Å²) in [5.74, 6) is 0.735. The molecule has 116 valence electrons. The monoisotopic (exact) mass is 323 g/mol. The molecule has 3 aromatic rings. The molecule has 0 spiro atoms. The number of hydrogen-bond donors (Lipinski definition) is 1. The van der Waals surface area contributed by atoms with Gasteiger partial charge in [-0.15, -0.1) is 0 Å². The normalized spacial score (nSPS) is 11.0. The topological polar surface area (TPSA) is 42.3 Å². The number of aromatic amines is 1. The number of benzene rings is 2. The standard InChI is InChI=1S/C18H17N3OS/c1-13-15(12-19-16-10-6-7-11-17(16)22-2)18(23)21(20-13)14-8-4-3-5-9-14/h3-12,20H,1-2H3. The molecule has 0 fully saturated rings. The number of rotatable bonds is 4. The summed E-state index contributed by atoms with van der Waals surface area (Å²) in [6.45, 7) is 1.98. The van der Waals surface area contributed by atoms with Gasteiger partial charge in [0.05, 0.1) is 18.4 Å². The van der Waals surface area contributed by atoms with Gasteiger partial charge in [0.2, 0.25) is 0 Å². The molecule has 0 atom stereocenters. The number of nitrogens with zero attached hydrogens (tertiary/aromatic N) is 2. The Morgan fingerprint density at radius 1 is 1.09 bits per heavy atom. The minimum absolute atomic E-state index is 0.701. The molecule has 4 nitrogen and oxygen atoms in total. The van der Waals surface area contributed by atoms with E-state index in [-0.39, 0.29) is 0 Å². The molecule has 1 N–H and O–H groups in total. The van der Waals surface area contributed by atoms with Gasteiger partial charge in [-0.1, -0.05) is 42.5 Å². The second kappa shape index (κ2) is 6.62. The molecular weight excluding hydrogens is 306 g/mol. The lowest BCUT2D eigenvalue weighted by atomic mass is 10.2. The minimum Gasteiger partial charge on any atom is -0.494 e. The molecule has 0 amide bonds. The summed E-state index contributed by atoms with van der Waals surface area (Å²) in [4.78, 5) is 4.53. The third-order valence-corrected chi connectivity index (χ3v) is 3.95. The molecule has 5 heteroatoms. The molecule has 1 aromatic heterocycles. The summed E-state index contributed by atoms with van der Waals surface area (Å²) in [5.41, 5.74) is 3.64. The Labute approximate surface area is 140 Å². The molecule has 0 aliphatic rings. The van der Waals surface area contributed by atoms with Gasteiger partial charge >= 0.3 is 0 Å². The maximum atomic E-state index is 5.58. The van der Waals surface area contributed by atoms with E-state index < -0.39 is 0 Å². The van der Waals surface area contributed by atoms with Crippen LogP contribution in [0.4, 0.5) is 5.69 Å². The first-order valence-electron chi connectivity index (χ1n) is 7.25. The van der Waals surface area contributed by atoms with Gasteiger partial charge in [0.1, 0.15) is 16.1 Å². The van der Waals surface area contributed by atoms with Crippen LogP contribution in [0.15, 0.2) is 59.6 Å². The summed E-state index contributed by atoms with van der Waals surface area (Å²) in [6, 6.07) is 17.6. The van der Waals surface area contributed by atoms with Crippen molar-refractivity contribution in [2.24, 2.45) is 4.99 Å². The Morgan fingerprint density at radius 3 is 2.52 bits per heavy atom. The molecule has 1 heterocycles. The van der Waals surface area contributed by atoms with Crippen LogP contribution in [0.1, 0.15) is 11.3 Å². The third kappa shape index (κ3) is 3.10. The van der Waals surface area contributed by atoms with E-state index in [0.717, 1.165) is 28.4 Å². The van der Waals surface area contributed by atoms with E-state index in [2.05, 4.69) is 10.1 Å². The lowest BCUT2D eigenvalue weighted by Crippen LogP contribution is -1.95. The number of methoxy groups -OCH3 is 1. The van der Waals surface area contributed by atoms with Crippen LogP contribution in [-0.4, -0.2) is 23.1 Å². The zero-order valence-electron chi connectivity index (χ0n) is 13.0. The fraction of sp³-hybridized carbons (Fsp3) is 0.111. The molecule has 0 unspecified atom stereocenters. The Balaban J connectivity index is 2.00. The average Bonchev–Trinajstić information content (AvgIpc) is 2.88. The largest absolute Gasteiger partial charge is 0.494 e. The molecule has 0 aliphatic carbocycles. The molecule has 0 bridgehead atoms.